The van der Waals surface area contributed by atoms with Crippen LogP contribution in [0.4, 0.5) is 21.6 Å². The van der Waals surface area contributed by atoms with E-state index in [-0.39, 0.29) is 30.0 Å². The van der Waals surface area contributed by atoms with Crippen LogP contribution in [0.2, 0.25) is 0 Å². The molecule has 2 atom stereocenters. The second-order valence-electron chi connectivity index (χ2n) is 8.30. The van der Waals surface area contributed by atoms with Crippen LogP contribution in [0.1, 0.15) is 18.4 Å². The van der Waals surface area contributed by atoms with Crippen molar-refractivity contribution in [2.24, 2.45) is 11.8 Å². The Balaban J connectivity index is 1.51. The standard InChI is InChI=1S/C23H24FN5O3/c1-11-16(9-28-23-21(11)26-3-5-32-23)15-7-13-8-18(27-10-17(13)20(25)19(15)24)29-22(31)14-6-12(14)2-4-30/h7-10,12,14,26,30H,2-6,25H2,1H3,(H,27,29,31)/t12-,14+/m1/s1. The number of halogens is 1. The summed E-state index contributed by atoms with van der Waals surface area (Å²) in [6.07, 6.45) is 4.45. The van der Waals surface area contributed by atoms with Gasteiger partial charge in [0.25, 0.3) is 0 Å². The molecule has 1 aromatic carbocycles. The van der Waals surface area contributed by atoms with Gasteiger partial charge in [-0.2, -0.15) is 0 Å². The first-order valence-electron chi connectivity index (χ1n) is 10.6. The average Bonchev–Trinajstić information content (AvgIpc) is 3.57. The molecule has 1 aliphatic carbocycles. The van der Waals surface area contributed by atoms with Crippen molar-refractivity contribution in [2.45, 2.75) is 19.8 Å². The number of carbonyl (C=O) groups excluding carboxylic acids is 1. The SMILES string of the molecule is Cc1c(-c2cc3cc(NC(=O)[C@H]4C[C@H]4CCO)ncc3c(N)c2F)cnc2c1NCCO2. The number of carbonyl (C=O) groups is 1. The fourth-order valence-corrected chi connectivity index (χ4v) is 4.33. The largest absolute Gasteiger partial charge is 0.474 e. The van der Waals surface area contributed by atoms with E-state index < -0.39 is 5.82 Å². The quantitative estimate of drug-likeness (QED) is 0.453. The zero-order valence-electron chi connectivity index (χ0n) is 17.6. The first kappa shape index (κ1) is 20.4. The van der Waals surface area contributed by atoms with Crippen LogP contribution in [-0.2, 0) is 4.79 Å². The summed E-state index contributed by atoms with van der Waals surface area (Å²) < 4.78 is 20.8. The minimum Gasteiger partial charge on any atom is -0.474 e. The van der Waals surface area contributed by atoms with E-state index in [1.807, 2.05) is 6.92 Å². The number of nitrogens with one attached hydrogen (secondary N) is 2. The van der Waals surface area contributed by atoms with Gasteiger partial charge in [0.05, 0.1) is 5.69 Å². The smallest absolute Gasteiger partial charge is 0.237 e. The number of nitrogens with two attached hydrogens (primary N) is 1. The normalized spacial score (nSPS) is 19.1. The Morgan fingerprint density at radius 2 is 2.19 bits per heavy atom. The minimum atomic E-state index is -0.539. The highest BCUT2D eigenvalue weighted by atomic mass is 19.1. The van der Waals surface area contributed by atoms with Gasteiger partial charge in [0.1, 0.15) is 18.1 Å². The molecular formula is C23H24FN5O3. The predicted molar refractivity (Wildman–Crippen MR) is 120 cm³/mol. The van der Waals surface area contributed by atoms with Crippen molar-refractivity contribution in [3.8, 4) is 17.0 Å². The summed E-state index contributed by atoms with van der Waals surface area (Å²) >= 11 is 0. The maximum Gasteiger partial charge on any atom is 0.237 e. The third-order valence-electron chi connectivity index (χ3n) is 6.25. The summed E-state index contributed by atoms with van der Waals surface area (Å²) in [5.74, 6) is 0.333. The number of aliphatic hydroxyl groups is 1. The van der Waals surface area contributed by atoms with Crippen LogP contribution in [0.15, 0.2) is 24.5 Å². The van der Waals surface area contributed by atoms with Gasteiger partial charge in [-0.15, -0.1) is 0 Å². The summed E-state index contributed by atoms with van der Waals surface area (Å²) in [5, 5.41) is 16.2. The molecule has 166 valence electrons. The molecule has 3 aromatic rings. The molecule has 5 rings (SSSR count). The molecule has 2 aliphatic rings. The lowest BCUT2D eigenvalue weighted by Crippen LogP contribution is -2.20. The highest BCUT2D eigenvalue weighted by Gasteiger charge is 2.42. The highest BCUT2D eigenvalue weighted by Crippen LogP contribution is 2.42. The summed E-state index contributed by atoms with van der Waals surface area (Å²) in [7, 11) is 0. The highest BCUT2D eigenvalue weighted by molar-refractivity contribution is 6.00. The number of rotatable bonds is 5. The van der Waals surface area contributed by atoms with Gasteiger partial charge >= 0.3 is 0 Å². The van der Waals surface area contributed by atoms with E-state index in [4.69, 9.17) is 15.6 Å². The van der Waals surface area contributed by atoms with Crippen LogP contribution in [0.5, 0.6) is 5.88 Å². The summed E-state index contributed by atoms with van der Waals surface area (Å²) in [5.41, 5.74) is 8.61. The first-order chi connectivity index (χ1) is 15.5. The van der Waals surface area contributed by atoms with Gasteiger partial charge in [-0.1, -0.05) is 0 Å². The van der Waals surface area contributed by atoms with E-state index in [1.165, 1.54) is 6.20 Å². The Kier molecular flexibility index (Phi) is 5.05. The van der Waals surface area contributed by atoms with Gasteiger partial charge in [0.15, 0.2) is 5.82 Å². The number of anilines is 3. The molecule has 9 heteroatoms. The fraction of sp³-hybridized carbons (Fsp3) is 0.348. The number of nitrogen functional groups attached to an aromatic ring is 1. The third kappa shape index (κ3) is 3.48. The third-order valence-corrected chi connectivity index (χ3v) is 6.25. The number of hydrogen-bond acceptors (Lipinski definition) is 7. The maximum absolute atomic E-state index is 15.2. The lowest BCUT2D eigenvalue weighted by molar-refractivity contribution is -0.117. The first-order valence-corrected chi connectivity index (χ1v) is 10.6. The molecule has 0 radical (unpaired) electrons. The molecule has 2 aromatic heterocycles. The molecule has 1 fully saturated rings. The van der Waals surface area contributed by atoms with Gasteiger partial charge < -0.3 is 26.2 Å². The molecule has 1 amide bonds. The Hall–Kier alpha value is -3.46. The average molecular weight is 437 g/mol. The van der Waals surface area contributed by atoms with Crippen LogP contribution >= 0.6 is 0 Å². The van der Waals surface area contributed by atoms with Crippen molar-refractivity contribution in [1.29, 1.82) is 0 Å². The number of aliphatic hydroxyl groups excluding tert-OH is 1. The molecule has 0 saturated heterocycles. The number of nitrogens with zero attached hydrogens (tertiary/aromatic N) is 2. The van der Waals surface area contributed by atoms with Crippen molar-refractivity contribution < 1.29 is 19.0 Å². The van der Waals surface area contributed by atoms with Crippen LogP contribution in [0.3, 0.4) is 0 Å². The van der Waals surface area contributed by atoms with E-state index in [2.05, 4.69) is 20.6 Å². The molecule has 32 heavy (non-hydrogen) atoms. The number of hydrogen-bond donors (Lipinski definition) is 4. The lowest BCUT2D eigenvalue weighted by atomic mass is 9.97. The lowest BCUT2D eigenvalue weighted by Gasteiger charge is -2.22. The van der Waals surface area contributed by atoms with E-state index in [0.29, 0.717) is 53.2 Å². The second kappa shape index (κ2) is 7.90. The summed E-state index contributed by atoms with van der Waals surface area (Å²) in [6, 6.07) is 3.39. The number of ether oxygens (including phenoxy) is 1. The molecule has 1 aliphatic heterocycles. The number of fused-ring (bicyclic) bond motifs is 2. The van der Waals surface area contributed by atoms with Crippen molar-refractivity contribution in [1.82, 2.24) is 9.97 Å². The van der Waals surface area contributed by atoms with E-state index >= 15 is 4.39 Å². The molecule has 0 unspecified atom stereocenters. The van der Waals surface area contributed by atoms with Crippen molar-refractivity contribution in [3.63, 3.8) is 0 Å². The van der Waals surface area contributed by atoms with Gasteiger partial charge in [-0.25, -0.2) is 14.4 Å². The molecule has 0 spiro atoms. The number of aromatic nitrogens is 2. The van der Waals surface area contributed by atoms with E-state index in [9.17, 15) is 4.79 Å². The molecule has 0 bridgehead atoms. The number of amides is 1. The molecule has 3 heterocycles. The summed E-state index contributed by atoms with van der Waals surface area (Å²) in [4.78, 5) is 21.0. The number of pyridine rings is 2. The zero-order chi connectivity index (χ0) is 22.4. The van der Waals surface area contributed by atoms with Crippen LogP contribution < -0.4 is 21.1 Å². The topological polar surface area (TPSA) is 122 Å². The number of benzene rings is 1. The fourth-order valence-electron chi connectivity index (χ4n) is 4.33. The molecule has 5 N–H and O–H groups in total. The van der Waals surface area contributed by atoms with Gasteiger partial charge in [0.2, 0.25) is 11.8 Å². The predicted octanol–water partition coefficient (Wildman–Crippen LogP) is 3.09. The Morgan fingerprint density at radius 1 is 1.34 bits per heavy atom. The molecular weight excluding hydrogens is 413 g/mol. The zero-order valence-corrected chi connectivity index (χ0v) is 17.6. The Morgan fingerprint density at radius 3 is 3.00 bits per heavy atom. The summed E-state index contributed by atoms with van der Waals surface area (Å²) in [6.45, 7) is 3.14. The van der Waals surface area contributed by atoms with E-state index in [1.54, 1.807) is 18.3 Å². The molecule has 8 nitrogen and oxygen atoms in total. The van der Waals surface area contributed by atoms with Gasteiger partial charge in [-0.05, 0) is 48.8 Å². The minimum absolute atomic E-state index is 0.00518. The van der Waals surface area contributed by atoms with E-state index in [0.717, 1.165) is 17.7 Å². The monoisotopic (exact) mass is 437 g/mol. The van der Waals surface area contributed by atoms with Crippen LogP contribution in [0, 0.1) is 24.6 Å². The Labute approximate surface area is 184 Å². The van der Waals surface area contributed by atoms with Crippen molar-refractivity contribution in [3.05, 3.63) is 35.9 Å². The van der Waals surface area contributed by atoms with Crippen LogP contribution in [-0.4, -0.2) is 40.7 Å². The van der Waals surface area contributed by atoms with Gasteiger partial charge in [-0.3, -0.25) is 4.79 Å². The van der Waals surface area contributed by atoms with Gasteiger partial charge in [0, 0.05) is 48.0 Å². The maximum atomic E-state index is 15.2. The molecule has 1 saturated carbocycles. The van der Waals surface area contributed by atoms with Crippen molar-refractivity contribution >= 4 is 33.9 Å². The second-order valence-corrected chi connectivity index (χ2v) is 8.30. The Bertz CT molecular complexity index is 1230. The van der Waals surface area contributed by atoms with Crippen molar-refractivity contribution in [2.75, 3.05) is 36.1 Å². The van der Waals surface area contributed by atoms with Crippen LogP contribution in [0.25, 0.3) is 21.9 Å².